The fraction of sp³-hybridized carbons (Fsp3) is 0.382. The lowest BCUT2D eigenvalue weighted by atomic mass is 10.0. The summed E-state index contributed by atoms with van der Waals surface area (Å²) in [4.78, 5) is 85.3. The number of aromatic amines is 1. The van der Waals surface area contributed by atoms with Crippen molar-refractivity contribution < 1.29 is 47.1 Å². The summed E-state index contributed by atoms with van der Waals surface area (Å²) in [5, 5.41) is 29.4. The smallest absolute Gasteiger partial charge is 0.266 e. The zero-order chi connectivity index (χ0) is 40.7. The number of nitrogens with one attached hydrogen (secondary N) is 5. The molecule has 21 heteroatoms. The summed E-state index contributed by atoms with van der Waals surface area (Å²) in [5.41, 5.74) is 18.1. The van der Waals surface area contributed by atoms with Crippen molar-refractivity contribution in [3.8, 4) is 0 Å². The van der Waals surface area contributed by atoms with E-state index in [0.29, 0.717) is 30.5 Å². The predicted molar refractivity (Wildman–Crippen MR) is 198 cm³/mol. The molecule has 0 fully saturated rings. The Kier molecular flexibility index (Phi) is 16.2. The SMILES string of the molecule is CC(O)[C@H](NC(=O)[C@H](CC(N)=O)NC(=O)C(Cc1c[nH]c2ccccc12)NC(=O)/C=N/OCc1ccc(S(N)(=O)=O)cc1)C(=O)N[C@@H](CCCCN)C(N)=O. The molecule has 1 heterocycles. The molecule has 6 amide bonds. The van der Waals surface area contributed by atoms with Gasteiger partial charge in [-0.3, -0.25) is 28.8 Å². The molecule has 2 unspecified atom stereocenters. The van der Waals surface area contributed by atoms with Crippen molar-refractivity contribution in [3.63, 3.8) is 0 Å². The summed E-state index contributed by atoms with van der Waals surface area (Å²) < 4.78 is 22.9. The highest BCUT2D eigenvalue weighted by Crippen LogP contribution is 2.19. The number of rotatable bonds is 22. The van der Waals surface area contributed by atoms with Crippen molar-refractivity contribution in [1.29, 1.82) is 0 Å². The topological polar surface area (TPSA) is 346 Å². The number of sulfonamides is 1. The molecule has 0 aliphatic carbocycles. The number of benzene rings is 2. The summed E-state index contributed by atoms with van der Waals surface area (Å²) >= 11 is 0. The minimum absolute atomic E-state index is 0.106. The Morgan fingerprint density at radius 2 is 1.55 bits per heavy atom. The number of hydrogen-bond donors (Lipinski definition) is 10. The van der Waals surface area contributed by atoms with E-state index in [1.165, 1.54) is 31.2 Å². The van der Waals surface area contributed by atoms with Crippen LogP contribution in [0, 0.1) is 0 Å². The van der Waals surface area contributed by atoms with Gasteiger partial charge in [-0.1, -0.05) is 35.5 Å². The molecule has 1 aromatic heterocycles. The first kappa shape index (κ1) is 43.5. The average Bonchev–Trinajstić information content (AvgIpc) is 3.53. The third-order valence-electron chi connectivity index (χ3n) is 8.17. The van der Waals surface area contributed by atoms with Gasteiger partial charge < -0.3 is 53.4 Å². The standard InChI is InChI=1S/C34H46N10O10S/c1-19(45)30(34(51)42-25(31(37)48)8-4-5-13-35)44-33(50)27(15-28(36)46)43-32(49)26(14-21-16-39-24-7-3-2-6-23(21)24)41-29(47)17-40-54-18-20-9-11-22(12-10-20)55(38,52)53/h2-3,6-7,9-12,16-17,19,25-27,30,39,45H,4-5,8,13-15,18,35H2,1H3,(H2,36,46)(H2,37,48)(H,41,47)(H,42,51)(H,43,49)(H,44,50)(H2,38,52,53)/b40-17+/t19?,25-,26?,27-,30-/m0/s1. The first-order valence-corrected chi connectivity index (χ1v) is 18.5. The zero-order valence-corrected chi connectivity index (χ0v) is 30.7. The van der Waals surface area contributed by atoms with Crippen LogP contribution in [0.3, 0.4) is 0 Å². The third-order valence-corrected chi connectivity index (χ3v) is 9.10. The van der Waals surface area contributed by atoms with Gasteiger partial charge in [-0.2, -0.15) is 0 Å². The number of carbonyl (C=O) groups excluding carboxylic acids is 6. The lowest BCUT2D eigenvalue weighted by Crippen LogP contribution is -2.61. The van der Waals surface area contributed by atoms with Gasteiger partial charge in [-0.05, 0) is 62.1 Å². The first-order valence-electron chi connectivity index (χ1n) is 17.0. The number of primary sulfonamides is 1. The number of fused-ring (bicyclic) bond motifs is 1. The van der Waals surface area contributed by atoms with E-state index in [2.05, 4.69) is 31.4 Å². The van der Waals surface area contributed by atoms with Crippen molar-refractivity contribution in [3.05, 3.63) is 65.9 Å². The molecule has 2 aromatic carbocycles. The number of aromatic nitrogens is 1. The maximum Gasteiger partial charge on any atom is 0.266 e. The lowest BCUT2D eigenvalue weighted by molar-refractivity contribution is -0.136. The summed E-state index contributed by atoms with van der Waals surface area (Å²) in [7, 11) is -3.89. The predicted octanol–water partition coefficient (Wildman–Crippen LogP) is -2.63. The Balaban J connectivity index is 1.78. The molecule has 0 aliphatic rings. The van der Waals surface area contributed by atoms with Crippen LogP contribution in [0.4, 0.5) is 0 Å². The third kappa shape index (κ3) is 13.8. The molecular weight excluding hydrogens is 741 g/mol. The van der Waals surface area contributed by atoms with E-state index in [9.17, 15) is 42.3 Å². The Morgan fingerprint density at radius 3 is 2.16 bits per heavy atom. The van der Waals surface area contributed by atoms with Crippen LogP contribution >= 0.6 is 0 Å². The van der Waals surface area contributed by atoms with Gasteiger partial charge in [0.2, 0.25) is 39.6 Å². The molecule has 0 saturated heterocycles. The molecule has 14 N–H and O–H groups in total. The number of hydrogen-bond acceptors (Lipinski definition) is 12. The quantitative estimate of drug-likeness (QED) is 0.0285. The number of aliphatic hydroxyl groups is 1. The van der Waals surface area contributed by atoms with Crippen LogP contribution in [0.1, 0.15) is 43.7 Å². The Labute approximate surface area is 316 Å². The Hall–Kier alpha value is -5.90. The molecule has 5 atom stereocenters. The minimum Gasteiger partial charge on any atom is -0.391 e. The molecule has 0 radical (unpaired) electrons. The second kappa shape index (κ2) is 20.5. The number of nitrogens with two attached hydrogens (primary N) is 4. The monoisotopic (exact) mass is 786 g/mol. The maximum absolute atomic E-state index is 13.8. The van der Waals surface area contributed by atoms with Crippen LogP contribution in [0.2, 0.25) is 0 Å². The van der Waals surface area contributed by atoms with Gasteiger partial charge >= 0.3 is 0 Å². The van der Waals surface area contributed by atoms with Crippen molar-refractivity contribution >= 4 is 62.6 Å². The fourth-order valence-electron chi connectivity index (χ4n) is 5.29. The normalized spacial score (nSPS) is 14.3. The van der Waals surface area contributed by atoms with Crippen molar-refractivity contribution in [2.75, 3.05) is 6.54 Å². The van der Waals surface area contributed by atoms with Crippen molar-refractivity contribution in [2.45, 2.75) is 80.8 Å². The summed E-state index contributed by atoms with van der Waals surface area (Å²) in [5.74, 6) is -5.73. The number of unbranched alkanes of at least 4 members (excludes halogenated alkanes) is 1. The van der Waals surface area contributed by atoms with Gasteiger partial charge in [0.25, 0.3) is 5.91 Å². The first-order chi connectivity index (χ1) is 26.0. The van der Waals surface area contributed by atoms with E-state index in [0.717, 1.165) is 17.1 Å². The molecule has 0 saturated carbocycles. The van der Waals surface area contributed by atoms with E-state index in [1.807, 2.05) is 0 Å². The van der Waals surface area contributed by atoms with Gasteiger partial charge in [0.15, 0.2) is 0 Å². The summed E-state index contributed by atoms with van der Waals surface area (Å²) in [6, 6.07) is 6.72. The van der Waals surface area contributed by atoms with E-state index in [4.69, 9.17) is 27.2 Å². The van der Waals surface area contributed by atoms with E-state index < -0.39 is 82.2 Å². The average molecular weight is 787 g/mol. The highest BCUT2D eigenvalue weighted by molar-refractivity contribution is 7.89. The maximum atomic E-state index is 13.8. The highest BCUT2D eigenvalue weighted by atomic mass is 32.2. The van der Waals surface area contributed by atoms with Gasteiger partial charge in [-0.15, -0.1) is 0 Å². The molecule has 298 valence electrons. The number of oxime groups is 1. The molecule has 20 nitrogen and oxygen atoms in total. The van der Waals surface area contributed by atoms with E-state index >= 15 is 0 Å². The highest BCUT2D eigenvalue weighted by Gasteiger charge is 2.34. The Bertz CT molecular complexity index is 1970. The number of aliphatic hydroxyl groups excluding tert-OH is 1. The number of amides is 6. The van der Waals surface area contributed by atoms with E-state index in [-0.39, 0.29) is 24.3 Å². The largest absolute Gasteiger partial charge is 0.391 e. The van der Waals surface area contributed by atoms with Crippen molar-refractivity contribution in [1.82, 2.24) is 26.3 Å². The molecule has 3 rings (SSSR count). The van der Waals surface area contributed by atoms with Gasteiger partial charge in [-0.25, -0.2) is 13.6 Å². The molecule has 0 spiro atoms. The second-order valence-electron chi connectivity index (χ2n) is 12.5. The summed E-state index contributed by atoms with van der Waals surface area (Å²) in [6.07, 6.45) is 1.17. The second-order valence-corrected chi connectivity index (χ2v) is 14.1. The molecule has 3 aromatic rings. The van der Waals surface area contributed by atoms with Crippen molar-refractivity contribution in [2.24, 2.45) is 27.5 Å². The number of nitrogens with zero attached hydrogens (tertiary/aromatic N) is 1. The van der Waals surface area contributed by atoms with Crippen LogP contribution in [-0.2, 0) is 56.7 Å². The van der Waals surface area contributed by atoms with Crippen LogP contribution < -0.4 is 43.6 Å². The molecule has 0 aliphatic heterocycles. The minimum atomic E-state index is -3.89. The number of H-pyrrole nitrogens is 1. The summed E-state index contributed by atoms with van der Waals surface area (Å²) in [6.45, 7) is 1.39. The van der Waals surface area contributed by atoms with Gasteiger partial charge in [0.1, 0.15) is 37.0 Å². The number of para-hydroxylation sites is 1. The molecule has 55 heavy (non-hydrogen) atoms. The number of primary amides is 2. The van der Waals surface area contributed by atoms with Gasteiger partial charge in [0, 0.05) is 23.5 Å². The van der Waals surface area contributed by atoms with Crippen LogP contribution in [0.25, 0.3) is 10.9 Å². The van der Waals surface area contributed by atoms with Gasteiger partial charge in [0.05, 0.1) is 17.4 Å². The van der Waals surface area contributed by atoms with Crippen LogP contribution in [0.15, 0.2) is 64.8 Å². The number of carbonyl (C=O) groups is 6. The van der Waals surface area contributed by atoms with E-state index in [1.54, 1.807) is 30.5 Å². The molecular formula is C34H46N10O10S. The fourth-order valence-corrected chi connectivity index (χ4v) is 5.81. The Morgan fingerprint density at radius 1 is 0.891 bits per heavy atom. The van der Waals surface area contributed by atoms with Crippen LogP contribution in [-0.4, -0.2) is 97.0 Å². The van der Waals surface area contributed by atoms with Crippen LogP contribution in [0.5, 0.6) is 0 Å². The molecule has 0 bridgehead atoms. The lowest BCUT2D eigenvalue weighted by Gasteiger charge is -2.27. The zero-order valence-electron chi connectivity index (χ0n) is 29.9.